The van der Waals surface area contributed by atoms with Gasteiger partial charge in [-0.3, -0.25) is 9.59 Å². The Kier molecular flexibility index (Phi) is 6.38. The van der Waals surface area contributed by atoms with Crippen LogP contribution in [0.1, 0.15) is 56.5 Å². The van der Waals surface area contributed by atoms with Gasteiger partial charge in [-0.15, -0.1) is 0 Å². The molecular weight excluding hydrogens is 421 g/mol. The van der Waals surface area contributed by atoms with Crippen molar-refractivity contribution in [1.29, 1.82) is 0 Å². The van der Waals surface area contributed by atoms with Crippen LogP contribution in [0.5, 0.6) is 0 Å². The number of aromatic nitrogens is 1. The van der Waals surface area contributed by atoms with Gasteiger partial charge >= 0.3 is 0 Å². The molecule has 2 amide bonds. The number of rotatable bonds is 6. The lowest BCUT2D eigenvalue weighted by molar-refractivity contribution is -0.129. The number of hydrogen-bond acceptors (Lipinski definition) is 5. The number of carbonyl (C=O) groups excluding carboxylic acids is 2. The molecule has 1 aliphatic carbocycles. The van der Waals surface area contributed by atoms with E-state index >= 15 is 0 Å². The van der Waals surface area contributed by atoms with Gasteiger partial charge in [0.05, 0.1) is 17.8 Å². The molecule has 0 spiro atoms. The van der Waals surface area contributed by atoms with Gasteiger partial charge in [-0.1, -0.05) is 32.0 Å². The highest BCUT2D eigenvalue weighted by atomic mass is 19.1. The van der Waals surface area contributed by atoms with Crippen LogP contribution in [0.2, 0.25) is 0 Å². The number of fused-ring (bicyclic) bond motifs is 1. The monoisotopic (exact) mass is 453 g/mol. The van der Waals surface area contributed by atoms with Gasteiger partial charge in [0.15, 0.2) is 0 Å². The zero-order valence-electron chi connectivity index (χ0n) is 19.3. The van der Waals surface area contributed by atoms with Gasteiger partial charge in [0.25, 0.3) is 0 Å². The molecule has 8 heteroatoms. The number of anilines is 1. The SMILES string of the molecule is CC(NC(=O)C1CC(Cc2ccc(F)cc2)CN1)C(=O)NC1CC(C)(C)c2nc(N)ccc21. The van der Waals surface area contributed by atoms with Gasteiger partial charge < -0.3 is 21.7 Å². The summed E-state index contributed by atoms with van der Waals surface area (Å²) in [6, 6.07) is 8.97. The largest absolute Gasteiger partial charge is 0.384 e. The number of pyridine rings is 1. The minimum absolute atomic E-state index is 0.167. The number of nitrogen functional groups attached to an aromatic ring is 1. The normalized spacial score (nSPS) is 24.2. The fourth-order valence-electron chi connectivity index (χ4n) is 4.95. The Morgan fingerprint density at radius 1 is 1.24 bits per heavy atom. The first kappa shape index (κ1) is 23.2. The molecule has 2 heterocycles. The van der Waals surface area contributed by atoms with E-state index in [1.165, 1.54) is 12.1 Å². The van der Waals surface area contributed by atoms with Crippen LogP contribution < -0.4 is 21.7 Å². The Morgan fingerprint density at radius 3 is 2.70 bits per heavy atom. The van der Waals surface area contributed by atoms with Crippen molar-refractivity contribution in [1.82, 2.24) is 20.9 Å². The second-order valence-electron chi connectivity index (χ2n) is 9.95. The van der Waals surface area contributed by atoms with Crippen molar-refractivity contribution in [2.75, 3.05) is 12.3 Å². The third kappa shape index (κ3) is 5.16. The smallest absolute Gasteiger partial charge is 0.242 e. The molecule has 33 heavy (non-hydrogen) atoms. The van der Waals surface area contributed by atoms with Crippen LogP contribution in [0.3, 0.4) is 0 Å². The molecule has 1 saturated heterocycles. The highest BCUT2D eigenvalue weighted by Crippen LogP contribution is 2.43. The van der Waals surface area contributed by atoms with Crippen molar-refractivity contribution in [3.8, 4) is 0 Å². The van der Waals surface area contributed by atoms with E-state index in [1.54, 1.807) is 25.1 Å². The molecule has 176 valence electrons. The van der Waals surface area contributed by atoms with E-state index in [4.69, 9.17) is 5.73 Å². The zero-order chi connectivity index (χ0) is 23.8. The lowest BCUT2D eigenvalue weighted by atomic mass is 9.90. The summed E-state index contributed by atoms with van der Waals surface area (Å²) in [5, 5.41) is 9.16. The van der Waals surface area contributed by atoms with E-state index in [9.17, 15) is 14.0 Å². The number of nitrogens with two attached hydrogens (primary N) is 1. The molecule has 4 rings (SSSR count). The number of carbonyl (C=O) groups is 2. The van der Waals surface area contributed by atoms with Crippen LogP contribution in [0.25, 0.3) is 0 Å². The zero-order valence-corrected chi connectivity index (χ0v) is 19.3. The second-order valence-corrected chi connectivity index (χ2v) is 9.95. The minimum Gasteiger partial charge on any atom is -0.384 e. The van der Waals surface area contributed by atoms with E-state index in [2.05, 4.69) is 34.8 Å². The number of nitrogens with zero attached hydrogens (tertiary/aromatic N) is 1. The average Bonchev–Trinajstić information content (AvgIpc) is 3.32. The van der Waals surface area contributed by atoms with Gasteiger partial charge in [-0.2, -0.15) is 0 Å². The van der Waals surface area contributed by atoms with Crippen LogP contribution in [0.4, 0.5) is 10.2 Å². The van der Waals surface area contributed by atoms with Gasteiger partial charge in [0, 0.05) is 5.41 Å². The molecule has 2 aliphatic rings. The number of benzene rings is 1. The highest BCUT2D eigenvalue weighted by Gasteiger charge is 2.40. The summed E-state index contributed by atoms with van der Waals surface area (Å²) in [5.74, 6) is 0.0946. The van der Waals surface area contributed by atoms with Crippen LogP contribution >= 0.6 is 0 Å². The fourth-order valence-corrected chi connectivity index (χ4v) is 4.95. The van der Waals surface area contributed by atoms with Gasteiger partial charge in [-0.05, 0) is 68.0 Å². The van der Waals surface area contributed by atoms with Gasteiger partial charge in [-0.25, -0.2) is 9.37 Å². The molecule has 5 N–H and O–H groups in total. The number of hydrogen-bond donors (Lipinski definition) is 4. The molecule has 4 atom stereocenters. The number of halogens is 1. The third-order valence-corrected chi connectivity index (χ3v) is 6.72. The summed E-state index contributed by atoms with van der Waals surface area (Å²) in [6.45, 7) is 6.58. The molecule has 7 nitrogen and oxygen atoms in total. The molecule has 0 saturated carbocycles. The first-order valence-corrected chi connectivity index (χ1v) is 11.5. The van der Waals surface area contributed by atoms with Crippen molar-refractivity contribution in [2.24, 2.45) is 5.92 Å². The maximum atomic E-state index is 13.1. The quantitative estimate of drug-likeness (QED) is 0.537. The summed E-state index contributed by atoms with van der Waals surface area (Å²) in [6.07, 6.45) is 2.18. The Labute approximate surface area is 193 Å². The standard InChI is InChI=1S/C25H32FN5O2/c1-14(23(32)30-20-12-25(2,3)22-18(20)8-9-21(27)31-22)29-24(33)19-11-16(13-28-19)10-15-4-6-17(26)7-5-15/h4-9,14,16,19-20,28H,10-13H2,1-3H3,(H2,27,31)(H,29,33)(H,30,32). The predicted octanol–water partition coefficient (Wildman–Crippen LogP) is 2.37. The second kappa shape index (κ2) is 9.09. The number of amides is 2. The molecule has 0 bridgehead atoms. The summed E-state index contributed by atoms with van der Waals surface area (Å²) in [7, 11) is 0. The topological polar surface area (TPSA) is 109 Å². The average molecular weight is 454 g/mol. The molecule has 0 radical (unpaired) electrons. The summed E-state index contributed by atoms with van der Waals surface area (Å²) >= 11 is 0. The Balaban J connectivity index is 1.30. The summed E-state index contributed by atoms with van der Waals surface area (Å²) in [4.78, 5) is 30.1. The lowest BCUT2D eigenvalue weighted by Crippen LogP contribution is -2.50. The number of nitrogens with one attached hydrogen (secondary N) is 3. The molecule has 1 fully saturated rings. The van der Waals surface area contributed by atoms with E-state index < -0.39 is 6.04 Å². The third-order valence-electron chi connectivity index (χ3n) is 6.72. The molecule has 2 aromatic rings. The van der Waals surface area contributed by atoms with Crippen LogP contribution in [-0.4, -0.2) is 35.4 Å². The summed E-state index contributed by atoms with van der Waals surface area (Å²) in [5.41, 5.74) is 8.59. The first-order chi connectivity index (χ1) is 15.6. The Bertz CT molecular complexity index is 1040. The highest BCUT2D eigenvalue weighted by molar-refractivity contribution is 5.90. The first-order valence-electron chi connectivity index (χ1n) is 11.5. The maximum Gasteiger partial charge on any atom is 0.242 e. The van der Waals surface area contributed by atoms with E-state index in [1.807, 2.05) is 6.07 Å². The molecular formula is C25H32FN5O2. The fraction of sp³-hybridized carbons (Fsp3) is 0.480. The van der Waals surface area contributed by atoms with E-state index in [0.717, 1.165) is 29.7 Å². The van der Waals surface area contributed by atoms with Crippen molar-refractivity contribution in [3.05, 3.63) is 59.0 Å². The van der Waals surface area contributed by atoms with E-state index in [0.29, 0.717) is 18.8 Å². The maximum absolute atomic E-state index is 13.1. The van der Waals surface area contributed by atoms with Gasteiger partial charge in [0.2, 0.25) is 11.8 Å². The van der Waals surface area contributed by atoms with Crippen molar-refractivity contribution >= 4 is 17.6 Å². The predicted molar refractivity (Wildman–Crippen MR) is 125 cm³/mol. The molecule has 1 aromatic carbocycles. The van der Waals surface area contributed by atoms with Crippen LogP contribution in [0.15, 0.2) is 36.4 Å². The Hall–Kier alpha value is -3.00. The molecule has 1 aromatic heterocycles. The Morgan fingerprint density at radius 2 is 1.97 bits per heavy atom. The van der Waals surface area contributed by atoms with Crippen molar-refractivity contribution in [3.63, 3.8) is 0 Å². The van der Waals surface area contributed by atoms with Crippen molar-refractivity contribution in [2.45, 2.75) is 63.6 Å². The van der Waals surface area contributed by atoms with Crippen molar-refractivity contribution < 1.29 is 14.0 Å². The summed E-state index contributed by atoms with van der Waals surface area (Å²) < 4.78 is 13.1. The lowest BCUT2D eigenvalue weighted by Gasteiger charge is -2.21. The van der Waals surface area contributed by atoms with Gasteiger partial charge in [0.1, 0.15) is 17.7 Å². The van der Waals surface area contributed by atoms with E-state index in [-0.39, 0.29) is 41.0 Å². The minimum atomic E-state index is -0.663. The molecule has 4 unspecified atom stereocenters. The molecule has 1 aliphatic heterocycles. The van der Waals surface area contributed by atoms with Crippen LogP contribution in [0, 0.1) is 11.7 Å². The van der Waals surface area contributed by atoms with Crippen LogP contribution in [-0.2, 0) is 21.4 Å².